The molecule has 1 fully saturated rings. The summed E-state index contributed by atoms with van der Waals surface area (Å²) in [7, 11) is 0. The smallest absolute Gasteiger partial charge is 0.259 e. The second-order valence-corrected chi connectivity index (χ2v) is 8.98. The van der Waals surface area contributed by atoms with Gasteiger partial charge in [0, 0.05) is 30.2 Å². The van der Waals surface area contributed by atoms with Crippen LogP contribution >= 0.6 is 23.1 Å². The second kappa shape index (κ2) is 8.10. The topological polar surface area (TPSA) is 84.1 Å². The Kier molecular flexibility index (Phi) is 5.61. The van der Waals surface area contributed by atoms with Crippen LogP contribution in [-0.4, -0.2) is 40.9 Å². The Morgan fingerprint density at radius 2 is 2.31 bits per heavy atom. The van der Waals surface area contributed by atoms with E-state index in [9.17, 15) is 9.59 Å². The molecule has 2 N–H and O–H groups in total. The lowest BCUT2D eigenvalue weighted by atomic mass is 10.2. The molecule has 140 valence electrons. The molecule has 2 aromatic heterocycles. The van der Waals surface area contributed by atoms with E-state index in [1.54, 1.807) is 23.1 Å². The van der Waals surface area contributed by atoms with Gasteiger partial charge in [-0.1, -0.05) is 0 Å². The van der Waals surface area contributed by atoms with Crippen LogP contribution in [0.25, 0.3) is 10.2 Å². The van der Waals surface area contributed by atoms with E-state index in [0.717, 1.165) is 48.9 Å². The lowest BCUT2D eigenvalue weighted by Gasteiger charge is -2.10. The second-order valence-electron chi connectivity index (χ2n) is 6.79. The number of ether oxygens (including phenoxy) is 1. The number of aromatic nitrogens is 2. The van der Waals surface area contributed by atoms with Gasteiger partial charge in [-0.2, -0.15) is 11.8 Å². The molecule has 0 aromatic carbocycles. The quantitative estimate of drug-likeness (QED) is 0.706. The van der Waals surface area contributed by atoms with Crippen molar-refractivity contribution >= 4 is 39.2 Å². The number of hydrogen-bond acceptors (Lipinski definition) is 6. The Labute approximate surface area is 160 Å². The molecule has 1 amide bonds. The van der Waals surface area contributed by atoms with Crippen molar-refractivity contribution in [1.29, 1.82) is 0 Å². The van der Waals surface area contributed by atoms with E-state index in [2.05, 4.69) is 15.3 Å². The van der Waals surface area contributed by atoms with Gasteiger partial charge in [0.15, 0.2) is 0 Å². The zero-order valence-corrected chi connectivity index (χ0v) is 16.3. The number of rotatable bonds is 7. The van der Waals surface area contributed by atoms with Gasteiger partial charge in [0.1, 0.15) is 10.7 Å². The molecular weight excluding hydrogens is 370 g/mol. The van der Waals surface area contributed by atoms with Crippen molar-refractivity contribution in [3.8, 4) is 0 Å². The van der Waals surface area contributed by atoms with E-state index < -0.39 is 0 Å². The van der Waals surface area contributed by atoms with Crippen LogP contribution in [0.1, 0.15) is 41.9 Å². The number of thiophene rings is 1. The molecule has 1 aliphatic carbocycles. The summed E-state index contributed by atoms with van der Waals surface area (Å²) in [5, 5.41) is 3.73. The van der Waals surface area contributed by atoms with Crippen molar-refractivity contribution in [2.45, 2.75) is 50.4 Å². The van der Waals surface area contributed by atoms with Crippen LogP contribution in [-0.2, 0) is 28.1 Å². The van der Waals surface area contributed by atoms with Gasteiger partial charge in [0.05, 0.1) is 17.2 Å². The largest absolute Gasteiger partial charge is 0.376 e. The van der Waals surface area contributed by atoms with Crippen LogP contribution in [0.5, 0.6) is 0 Å². The van der Waals surface area contributed by atoms with Crippen molar-refractivity contribution in [3.63, 3.8) is 0 Å². The SMILES string of the molecule is O=C(CCSCc1nc2sc3c(c2c(=O)[nH]1)CCC3)NCC1CCCO1. The first-order valence-corrected chi connectivity index (χ1v) is 11.2. The third-order valence-corrected chi connectivity index (χ3v) is 7.04. The van der Waals surface area contributed by atoms with Crippen LogP contribution in [0.3, 0.4) is 0 Å². The highest BCUT2D eigenvalue weighted by atomic mass is 32.2. The highest BCUT2D eigenvalue weighted by molar-refractivity contribution is 7.98. The minimum atomic E-state index is -0.0145. The fourth-order valence-corrected chi connectivity index (χ4v) is 5.66. The van der Waals surface area contributed by atoms with E-state index in [1.165, 1.54) is 10.4 Å². The molecule has 0 bridgehead atoms. The molecule has 6 nitrogen and oxygen atoms in total. The summed E-state index contributed by atoms with van der Waals surface area (Å²) in [6.07, 6.45) is 5.97. The number of amides is 1. The zero-order chi connectivity index (χ0) is 17.9. The predicted molar refractivity (Wildman–Crippen MR) is 105 cm³/mol. The van der Waals surface area contributed by atoms with Crippen LogP contribution in [0.2, 0.25) is 0 Å². The van der Waals surface area contributed by atoms with Gasteiger partial charge >= 0.3 is 0 Å². The van der Waals surface area contributed by atoms with Gasteiger partial charge in [0.2, 0.25) is 5.91 Å². The van der Waals surface area contributed by atoms with E-state index >= 15 is 0 Å². The van der Waals surface area contributed by atoms with Crippen LogP contribution in [0.4, 0.5) is 0 Å². The van der Waals surface area contributed by atoms with Gasteiger partial charge < -0.3 is 15.0 Å². The normalized spacial score (nSPS) is 19.2. The summed E-state index contributed by atoms with van der Waals surface area (Å²) < 4.78 is 5.49. The lowest BCUT2D eigenvalue weighted by molar-refractivity contribution is -0.121. The van der Waals surface area contributed by atoms with Crippen molar-refractivity contribution < 1.29 is 9.53 Å². The minimum absolute atomic E-state index is 0.0145. The van der Waals surface area contributed by atoms with Gasteiger partial charge in [-0.05, 0) is 37.7 Å². The summed E-state index contributed by atoms with van der Waals surface area (Å²) in [5.74, 6) is 2.08. The summed E-state index contributed by atoms with van der Waals surface area (Å²) in [5.41, 5.74) is 1.19. The molecule has 1 saturated heterocycles. The third-order valence-electron chi connectivity index (χ3n) is 4.89. The van der Waals surface area contributed by atoms with Crippen molar-refractivity contribution in [2.75, 3.05) is 18.9 Å². The maximum Gasteiger partial charge on any atom is 0.259 e. The van der Waals surface area contributed by atoms with Crippen LogP contribution < -0.4 is 10.9 Å². The molecule has 1 atom stereocenters. The molecule has 2 aliphatic rings. The van der Waals surface area contributed by atoms with E-state index in [-0.39, 0.29) is 17.6 Å². The molecule has 2 aromatic rings. The summed E-state index contributed by atoms with van der Waals surface area (Å²) in [6, 6.07) is 0. The number of fused-ring (bicyclic) bond motifs is 3. The highest BCUT2D eigenvalue weighted by Crippen LogP contribution is 2.34. The van der Waals surface area contributed by atoms with Crippen LogP contribution in [0, 0.1) is 0 Å². The van der Waals surface area contributed by atoms with Crippen molar-refractivity contribution in [1.82, 2.24) is 15.3 Å². The third kappa shape index (κ3) is 3.97. The molecule has 8 heteroatoms. The minimum Gasteiger partial charge on any atom is -0.376 e. The Morgan fingerprint density at radius 1 is 1.38 bits per heavy atom. The Hall–Kier alpha value is -1.38. The van der Waals surface area contributed by atoms with Crippen molar-refractivity contribution in [3.05, 3.63) is 26.6 Å². The maximum absolute atomic E-state index is 12.4. The summed E-state index contributed by atoms with van der Waals surface area (Å²) >= 11 is 3.28. The van der Waals surface area contributed by atoms with E-state index in [4.69, 9.17) is 4.74 Å². The molecule has 26 heavy (non-hydrogen) atoms. The monoisotopic (exact) mass is 393 g/mol. The van der Waals surface area contributed by atoms with Gasteiger partial charge in [0.25, 0.3) is 5.56 Å². The maximum atomic E-state index is 12.4. The number of nitrogens with zero attached hydrogens (tertiary/aromatic N) is 1. The highest BCUT2D eigenvalue weighted by Gasteiger charge is 2.21. The Morgan fingerprint density at radius 3 is 3.15 bits per heavy atom. The number of hydrogen-bond donors (Lipinski definition) is 2. The van der Waals surface area contributed by atoms with E-state index in [0.29, 0.717) is 30.3 Å². The predicted octanol–water partition coefficient (Wildman–Crippen LogP) is 2.39. The van der Waals surface area contributed by atoms with Crippen LogP contribution in [0.15, 0.2) is 4.79 Å². The number of carbonyl (C=O) groups is 1. The first-order chi connectivity index (χ1) is 12.7. The first kappa shape index (κ1) is 18.0. The average molecular weight is 394 g/mol. The molecule has 1 aliphatic heterocycles. The summed E-state index contributed by atoms with van der Waals surface area (Å²) in [6.45, 7) is 1.41. The molecule has 3 heterocycles. The standard InChI is InChI=1S/C18H23N3O3S2/c22-15(19-9-11-3-2-7-24-11)6-8-25-10-14-20-17(23)16-12-4-1-5-13(12)26-18(16)21-14/h11H,1-10H2,(H,19,22)(H,20,21,23). The fourth-order valence-electron chi connectivity index (χ4n) is 3.57. The molecule has 1 unspecified atom stereocenters. The number of H-pyrrole nitrogens is 1. The zero-order valence-electron chi connectivity index (χ0n) is 14.6. The van der Waals surface area contributed by atoms with Gasteiger partial charge in [-0.15, -0.1) is 11.3 Å². The summed E-state index contributed by atoms with van der Waals surface area (Å²) in [4.78, 5) is 34.0. The fraction of sp³-hybridized carbons (Fsp3) is 0.611. The molecule has 4 rings (SSSR count). The number of thioether (sulfide) groups is 1. The van der Waals surface area contributed by atoms with Crippen molar-refractivity contribution in [2.24, 2.45) is 0 Å². The number of aryl methyl sites for hydroxylation is 2. The number of aromatic amines is 1. The number of carbonyl (C=O) groups excluding carboxylic acids is 1. The Balaban J connectivity index is 1.26. The van der Waals surface area contributed by atoms with Gasteiger partial charge in [-0.3, -0.25) is 9.59 Å². The lowest BCUT2D eigenvalue weighted by Crippen LogP contribution is -2.31. The Bertz CT molecular complexity index is 855. The molecule has 0 radical (unpaired) electrons. The molecule has 0 saturated carbocycles. The number of nitrogens with one attached hydrogen (secondary N) is 2. The average Bonchev–Trinajstić information content (AvgIpc) is 3.33. The molecule has 0 spiro atoms. The first-order valence-electron chi connectivity index (χ1n) is 9.20. The molecular formula is C18H23N3O3S2. The van der Waals surface area contributed by atoms with Gasteiger partial charge in [-0.25, -0.2) is 4.98 Å². The van der Waals surface area contributed by atoms with E-state index in [1.807, 2.05) is 0 Å².